The lowest BCUT2D eigenvalue weighted by atomic mass is 10.2. The highest BCUT2D eigenvalue weighted by Gasteiger charge is 2.15. The van der Waals surface area contributed by atoms with Gasteiger partial charge in [0.2, 0.25) is 5.75 Å². The van der Waals surface area contributed by atoms with Gasteiger partial charge in [-0.1, -0.05) is 19.1 Å². The van der Waals surface area contributed by atoms with Crippen LogP contribution in [0.5, 0.6) is 23.0 Å². The van der Waals surface area contributed by atoms with Crippen LogP contribution in [0, 0.1) is 0 Å². The van der Waals surface area contributed by atoms with Gasteiger partial charge in [-0.3, -0.25) is 9.59 Å². The summed E-state index contributed by atoms with van der Waals surface area (Å²) < 4.78 is 21.0. The second-order valence-corrected chi connectivity index (χ2v) is 5.93. The molecule has 0 aliphatic heterocycles. The van der Waals surface area contributed by atoms with E-state index in [0.717, 1.165) is 6.42 Å². The zero-order chi connectivity index (χ0) is 21.2. The number of benzene rings is 2. The first-order valence-electron chi connectivity index (χ1n) is 8.94. The molecule has 2 rings (SSSR count). The zero-order valence-electron chi connectivity index (χ0n) is 16.9. The van der Waals surface area contributed by atoms with Crippen LogP contribution in [0.2, 0.25) is 0 Å². The first-order valence-corrected chi connectivity index (χ1v) is 8.94. The van der Waals surface area contributed by atoms with Crippen LogP contribution in [-0.2, 0) is 16.0 Å². The molecule has 0 saturated heterocycles. The highest BCUT2D eigenvalue weighted by molar-refractivity contribution is 5.85. The number of ether oxygens (including phenoxy) is 4. The minimum absolute atomic E-state index is 0.166. The second kappa shape index (κ2) is 10.7. The Labute approximate surface area is 169 Å². The molecule has 8 heteroatoms. The largest absolute Gasteiger partial charge is 0.493 e. The van der Waals surface area contributed by atoms with E-state index in [0.29, 0.717) is 22.8 Å². The Kier molecular flexibility index (Phi) is 8.02. The van der Waals surface area contributed by atoms with E-state index in [-0.39, 0.29) is 12.4 Å². The molecular formula is C21H24N2O6. The Hall–Kier alpha value is -3.55. The van der Waals surface area contributed by atoms with Crippen LogP contribution in [0.25, 0.3) is 0 Å². The van der Waals surface area contributed by atoms with Crippen molar-refractivity contribution in [3.63, 3.8) is 0 Å². The first kappa shape index (κ1) is 21.7. The van der Waals surface area contributed by atoms with Gasteiger partial charge in [0.15, 0.2) is 18.1 Å². The summed E-state index contributed by atoms with van der Waals surface area (Å²) >= 11 is 0. The number of amides is 1. The predicted octanol–water partition coefficient (Wildman–Crippen LogP) is 2.72. The van der Waals surface area contributed by atoms with Crippen molar-refractivity contribution >= 4 is 18.1 Å². The molecule has 0 saturated carbocycles. The number of methoxy groups -OCH3 is 2. The van der Waals surface area contributed by atoms with E-state index >= 15 is 0 Å². The fourth-order valence-corrected chi connectivity index (χ4v) is 2.40. The van der Waals surface area contributed by atoms with Gasteiger partial charge in [-0.15, -0.1) is 0 Å². The third kappa shape index (κ3) is 6.53. The summed E-state index contributed by atoms with van der Waals surface area (Å²) in [4.78, 5) is 23.2. The maximum atomic E-state index is 11.9. The molecule has 2 aromatic rings. The van der Waals surface area contributed by atoms with Crippen molar-refractivity contribution in [3.05, 3.63) is 47.5 Å². The smallest absolute Gasteiger partial charge is 0.308 e. The lowest BCUT2D eigenvalue weighted by Crippen LogP contribution is -2.24. The van der Waals surface area contributed by atoms with Crippen LogP contribution < -0.4 is 24.4 Å². The third-order valence-electron chi connectivity index (χ3n) is 3.83. The third-order valence-corrected chi connectivity index (χ3v) is 3.83. The molecule has 154 valence electrons. The van der Waals surface area contributed by atoms with Gasteiger partial charge in [0.25, 0.3) is 5.91 Å². The number of carbonyl (C=O) groups excluding carboxylic acids is 2. The molecule has 29 heavy (non-hydrogen) atoms. The molecule has 0 heterocycles. The molecule has 0 atom stereocenters. The topological polar surface area (TPSA) is 95.5 Å². The van der Waals surface area contributed by atoms with Crippen LogP contribution in [0.3, 0.4) is 0 Å². The van der Waals surface area contributed by atoms with E-state index in [1.54, 1.807) is 12.1 Å². The Balaban J connectivity index is 1.97. The standard InChI is InChI=1S/C21H24N2O6/c1-5-15-6-8-17(9-7-15)28-13-20(25)23-22-12-16-10-18(26-3)21(29-14(2)24)19(11-16)27-4/h6-12H,5,13H2,1-4H3,(H,23,25)/b22-12-. The van der Waals surface area contributed by atoms with Gasteiger partial charge in [0, 0.05) is 12.5 Å². The van der Waals surface area contributed by atoms with Gasteiger partial charge in [-0.05, 0) is 36.2 Å². The lowest BCUT2D eigenvalue weighted by Gasteiger charge is -2.13. The minimum atomic E-state index is -0.500. The quantitative estimate of drug-likeness (QED) is 0.301. The highest BCUT2D eigenvalue weighted by Crippen LogP contribution is 2.38. The van der Waals surface area contributed by atoms with Crippen molar-refractivity contribution < 1.29 is 28.5 Å². The molecule has 2 aromatic carbocycles. The first-order chi connectivity index (χ1) is 14.0. The van der Waals surface area contributed by atoms with Crippen LogP contribution in [0.1, 0.15) is 25.0 Å². The number of aryl methyl sites for hydroxylation is 1. The molecule has 0 unspecified atom stereocenters. The summed E-state index contributed by atoms with van der Waals surface area (Å²) in [6.07, 6.45) is 2.35. The summed E-state index contributed by atoms with van der Waals surface area (Å²) in [5.74, 6) is 0.469. The van der Waals surface area contributed by atoms with Gasteiger partial charge in [0.1, 0.15) is 5.75 Å². The normalized spacial score (nSPS) is 10.5. The SMILES string of the molecule is CCc1ccc(OCC(=O)N/N=C\c2cc(OC)c(OC(C)=O)c(OC)c2)cc1. The van der Waals surface area contributed by atoms with Gasteiger partial charge in [0.05, 0.1) is 20.4 Å². The maximum Gasteiger partial charge on any atom is 0.308 e. The van der Waals surface area contributed by atoms with Crippen LogP contribution in [0.4, 0.5) is 0 Å². The van der Waals surface area contributed by atoms with Crippen LogP contribution >= 0.6 is 0 Å². The molecule has 0 spiro atoms. The molecule has 0 fully saturated rings. The number of hydrogen-bond acceptors (Lipinski definition) is 7. The molecule has 0 aliphatic rings. The Morgan fingerprint density at radius 1 is 1.07 bits per heavy atom. The van der Waals surface area contributed by atoms with E-state index in [1.165, 1.54) is 32.9 Å². The Bertz CT molecular complexity index is 852. The lowest BCUT2D eigenvalue weighted by molar-refractivity contribution is -0.132. The van der Waals surface area contributed by atoms with Crippen molar-refractivity contribution in [1.82, 2.24) is 5.43 Å². The average molecular weight is 400 g/mol. The number of nitrogens with one attached hydrogen (secondary N) is 1. The summed E-state index contributed by atoms with van der Waals surface area (Å²) in [7, 11) is 2.88. The molecule has 0 aromatic heterocycles. The van der Waals surface area contributed by atoms with E-state index < -0.39 is 11.9 Å². The van der Waals surface area contributed by atoms with Crippen molar-refractivity contribution in [2.24, 2.45) is 5.10 Å². The molecule has 1 amide bonds. The van der Waals surface area contributed by atoms with E-state index in [9.17, 15) is 9.59 Å². The Morgan fingerprint density at radius 3 is 2.21 bits per heavy atom. The molecular weight excluding hydrogens is 376 g/mol. The number of hydrazone groups is 1. The summed E-state index contributed by atoms with van der Waals surface area (Å²) in [5, 5.41) is 3.90. The number of hydrogen-bond donors (Lipinski definition) is 1. The summed E-state index contributed by atoms with van der Waals surface area (Å²) in [6, 6.07) is 10.7. The fourth-order valence-electron chi connectivity index (χ4n) is 2.40. The van der Waals surface area contributed by atoms with E-state index in [4.69, 9.17) is 18.9 Å². The van der Waals surface area contributed by atoms with Crippen LogP contribution in [-0.4, -0.2) is 38.9 Å². The Morgan fingerprint density at radius 2 is 1.69 bits per heavy atom. The van der Waals surface area contributed by atoms with Gasteiger partial charge in [-0.25, -0.2) is 5.43 Å². The number of esters is 1. The van der Waals surface area contributed by atoms with Gasteiger partial charge in [-0.2, -0.15) is 5.10 Å². The van der Waals surface area contributed by atoms with E-state index in [2.05, 4.69) is 17.5 Å². The van der Waals surface area contributed by atoms with Gasteiger partial charge >= 0.3 is 5.97 Å². The van der Waals surface area contributed by atoms with Gasteiger partial charge < -0.3 is 18.9 Å². The fraction of sp³-hybridized carbons (Fsp3) is 0.286. The monoisotopic (exact) mass is 400 g/mol. The minimum Gasteiger partial charge on any atom is -0.493 e. The zero-order valence-corrected chi connectivity index (χ0v) is 16.9. The predicted molar refractivity (Wildman–Crippen MR) is 108 cm³/mol. The maximum absolute atomic E-state index is 11.9. The van der Waals surface area contributed by atoms with Crippen molar-refractivity contribution in [2.45, 2.75) is 20.3 Å². The summed E-state index contributed by atoms with van der Waals surface area (Å²) in [5.41, 5.74) is 4.15. The average Bonchev–Trinajstić information content (AvgIpc) is 2.72. The number of carbonyl (C=O) groups is 2. The number of rotatable bonds is 9. The second-order valence-electron chi connectivity index (χ2n) is 5.93. The molecule has 8 nitrogen and oxygen atoms in total. The summed E-state index contributed by atoms with van der Waals surface area (Å²) in [6.45, 7) is 3.18. The van der Waals surface area contributed by atoms with Crippen molar-refractivity contribution in [3.8, 4) is 23.0 Å². The molecule has 1 N–H and O–H groups in total. The number of nitrogens with zero attached hydrogens (tertiary/aromatic N) is 1. The van der Waals surface area contributed by atoms with Crippen LogP contribution in [0.15, 0.2) is 41.5 Å². The highest BCUT2D eigenvalue weighted by atomic mass is 16.6. The van der Waals surface area contributed by atoms with E-state index in [1.807, 2.05) is 24.3 Å². The molecule has 0 bridgehead atoms. The van der Waals surface area contributed by atoms with Crippen molar-refractivity contribution in [2.75, 3.05) is 20.8 Å². The van der Waals surface area contributed by atoms with Crippen molar-refractivity contribution in [1.29, 1.82) is 0 Å². The molecule has 0 radical (unpaired) electrons. The molecule has 0 aliphatic carbocycles.